The Bertz CT molecular complexity index is 170. The molecule has 0 unspecified atom stereocenters. The number of rotatable bonds is 0. The van der Waals surface area contributed by atoms with E-state index in [1.54, 1.807) is 0 Å². The van der Waals surface area contributed by atoms with Crippen molar-refractivity contribution in [2.24, 2.45) is 0 Å². The first-order valence-electron chi connectivity index (χ1n) is 1.41. The first-order valence-corrected chi connectivity index (χ1v) is 3.38. The molecule has 7 nitrogen and oxygen atoms in total. The summed E-state index contributed by atoms with van der Waals surface area (Å²) < 4.78 is 33.1. The maximum atomic E-state index is 8.69. The second-order valence-corrected chi connectivity index (χ2v) is 1.98. The predicted octanol–water partition coefficient (Wildman–Crippen LogP) is -5.85. The van der Waals surface area contributed by atoms with Crippen molar-refractivity contribution in [1.82, 2.24) is 0 Å². The van der Waals surface area contributed by atoms with Crippen molar-refractivity contribution in [2.75, 3.05) is 0 Å². The molecule has 0 rings (SSSR count). The second-order valence-electron chi connectivity index (χ2n) is 0.742. The van der Waals surface area contributed by atoms with E-state index in [0.717, 1.165) is 0 Å². The molecule has 0 radical (unpaired) electrons. The molecule has 0 aliphatic carbocycles. The fourth-order valence-electron chi connectivity index (χ4n) is 0. The minimum atomic E-state index is -5.38. The molecule has 4 N–H and O–H groups in total. The average molecular weight is 206 g/mol. The van der Waals surface area contributed by atoms with Gasteiger partial charge in [0.15, 0.2) is 0 Å². The molecule has 0 fully saturated rings. The summed E-state index contributed by atoms with van der Waals surface area (Å²) in [6.07, 6.45) is 0. The van der Waals surface area contributed by atoms with Gasteiger partial charge in [-0.05, 0) is 0 Å². The Balaban J connectivity index is -0.0000000383. The third-order valence-electron chi connectivity index (χ3n) is 0. The average Bonchev–Trinajstić information content (AvgIpc) is 1.19. The molecule has 10 heavy (non-hydrogen) atoms. The summed E-state index contributed by atoms with van der Waals surface area (Å²) in [5.74, 6) is 0. The Hall–Kier alpha value is 0.824. The molecule has 10 heteroatoms. The summed E-state index contributed by atoms with van der Waals surface area (Å²) in [7, 11) is -2.17. The van der Waals surface area contributed by atoms with E-state index in [1.807, 2.05) is 0 Å². The van der Waals surface area contributed by atoms with E-state index in [0.29, 0.717) is 0 Å². The molecule has 0 saturated heterocycles. The van der Waals surface area contributed by atoms with Gasteiger partial charge < -0.3 is 16.5 Å². The first-order chi connectivity index (χ1) is 3.73. The van der Waals surface area contributed by atoms with Crippen LogP contribution in [0.5, 0.6) is 0 Å². The molecular weight excluding hydrogens is 201 g/mol. The van der Waals surface area contributed by atoms with E-state index in [9.17, 15) is 0 Å². The van der Waals surface area contributed by atoms with Gasteiger partial charge in [-0.15, -0.1) is 0 Å². The van der Waals surface area contributed by atoms with Crippen LogP contribution >= 0.6 is 0 Å². The first kappa shape index (κ1) is 17.1. The summed E-state index contributed by atoms with van der Waals surface area (Å²) in [6, 6.07) is 0. The SMILES string of the molecule is OB(O)O.[H-].[Na+].[O]=[Mn](=[O])(=[O])[OH]. The van der Waals surface area contributed by atoms with Crippen molar-refractivity contribution in [3.63, 3.8) is 0 Å². The monoisotopic (exact) mass is 206 g/mol. The zero-order valence-corrected chi connectivity index (χ0v) is 8.15. The van der Waals surface area contributed by atoms with Crippen LogP contribution in [0, 0.1) is 0 Å². The molecular formula is H5BMnNaO7. The van der Waals surface area contributed by atoms with Crippen LogP contribution in [0.4, 0.5) is 0 Å². The Morgan fingerprint density at radius 1 is 1.10 bits per heavy atom. The van der Waals surface area contributed by atoms with Gasteiger partial charge in [-0.1, -0.05) is 0 Å². The van der Waals surface area contributed by atoms with Gasteiger partial charge in [0, 0.05) is 0 Å². The molecule has 0 bridgehead atoms. The van der Waals surface area contributed by atoms with Gasteiger partial charge in [-0.25, -0.2) is 0 Å². The summed E-state index contributed by atoms with van der Waals surface area (Å²) in [4.78, 5) is 0. The van der Waals surface area contributed by atoms with E-state index < -0.39 is 20.3 Å². The van der Waals surface area contributed by atoms with Crippen molar-refractivity contribution >= 4 is 7.32 Å². The molecule has 0 saturated carbocycles. The second kappa shape index (κ2) is 7.93. The quantitative estimate of drug-likeness (QED) is 0.290. The Morgan fingerprint density at radius 2 is 1.10 bits per heavy atom. The molecule has 0 spiro atoms. The molecule has 0 aliphatic heterocycles. The van der Waals surface area contributed by atoms with E-state index in [2.05, 4.69) is 0 Å². The van der Waals surface area contributed by atoms with Crippen LogP contribution in [0.2, 0.25) is 0 Å². The van der Waals surface area contributed by atoms with E-state index in [4.69, 9.17) is 30.8 Å². The summed E-state index contributed by atoms with van der Waals surface area (Å²) in [5, 5.41) is 21.5. The van der Waals surface area contributed by atoms with Gasteiger partial charge in [0.05, 0.1) is 0 Å². The molecule has 0 aromatic carbocycles. The van der Waals surface area contributed by atoms with Gasteiger partial charge in [0.25, 0.3) is 0 Å². The van der Waals surface area contributed by atoms with Crippen LogP contribution in [-0.2, 0) is 24.5 Å². The molecule has 0 amide bonds. The fraction of sp³-hybridized carbons (Fsp3) is 0. The molecule has 0 heterocycles. The van der Waals surface area contributed by atoms with Crippen LogP contribution in [0.15, 0.2) is 0 Å². The molecule has 0 aliphatic rings. The van der Waals surface area contributed by atoms with E-state index in [-0.39, 0.29) is 31.0 Å². The minimum absolute atomic E-state index is 0. The van der Waals surface area contributed by atoms with Crippen LogP contribution in [0.3, 0.4) is 0 Å². The molecule has 0 atom stereocenters. The molecule has 0 aromatic heterocycles. The van der Waals surface area contributed by atoms with Crippen molar-refractivity contribution < 1.29 is 74.7 Å². The summed E-state index contributed by atoms with van der Waals surface area (Å²) >= 11 is -5.38. The van der Waals surface area contributed by atoms with E-state index in [1.165, 1.54) is 0 Å². The van der Waals surface area contributed by atoms with Crippen LogP contribution in [0.25, 0.3) is 0 Å². The number of hydrogen-bond donors (Lipinski definition) is 4. The Labute approximate surface area is 81.8 Å². The zero-order valence-electron chi connectivity index (χ0n) is 5.97. The predicted molar refractivity (Wildman–Crippen MR) is 17.8 cm³/mol. The van der Waals surface area contributed by atoms with Crippen molar-refractivity contribution in [1.29, 1.82) is 0 Å². The van der Waals surface area contributed by atoms with Crippen LogP contribution in [-0.4, -0.2) is 26.6 Å². The van der Waals surface area contributed by atoms with Crippen LogP contribution in [0.1, 0.15) is 1.43 Å². The maximum absolute atomic E-state index is 8.69. The Morgan fingerprint density at radius 3 is 1.10 bits per heavy atom. The van der Waals surface area contributed by atoms with Gasteiger partial charge in [0.1, 0.15) is 0 Å². The normalized spacial score (nSPS) is 8.40. The van der Waals surface area contributed by atoms with Gasteiger partial charge >= 0.3 is 65.5 Å². The third-order valence-corrected chi connectivity index (χ3v) is 0. The van der Waals surface area contributed by atoms with Gasteiger partial charge in [0.2, 0.25) is 0 Å². The van der Waals surface area contributed by atoms with Crippen molar-refractivity contribution in [3.8, 4) is 0 Å². The molecule has 58 valence electrons. The van der Waals surface area contributed by atoms with E-state index >= 15 is 0 Å². The fourth-order valence-corrected chi connectivity index (χ4v) is 0. The van der Waals surface area contributed by atoms with Crippen molar-refractivity contribution in [2.45, 2.75) is 0 Å². The standard InChI is InChI=1S/BH3O3.Mn.Na.H2O.3O.H/c2-1(3)4;;;;;;;/h2-4H;;;1H2;;;;/q;2*+1;;;;;-1/p-1. The zero-order chi connectivity index (χ0) is 8.08. The Kier molecular flexibility index (Phi) is 13.5. The molecule has 0 aromatic rings. The van der Waals surface area contributed by atoms with Gasteiger partial charge in [-0.3, -0.25) is 0 Å². The van der Waals surface area contributed by atoms with Crippen molar-refractivity contribution in [3.05, 3.63) is 0 Å². The summed E-state index contributed by atoms with van der Waals surface area (Å²) in [6.45, 7) is 0. The topological polar surface area (TPSA) is 132 Å². The summed E-state index contributed by atoms with van der Waals surface area (Å²) in [5.41, 5.74) is 0. The number of hydrogen-bond acceptors (Lipinski definition) is 6. The van der Waals surface area contributed by atoms with Gasteiger partial charge in [-0.2, -0.15) is 0 Å². The van der Waals surface area contributed by atoms with Crippen LogP contribution < -0.4 is 29.6 Å². The third kappa shape index (κ3) is 795.